The van der Waals surface area contributed by atoms with Crippen molar-refractivity contribution in [3.05, 3.63) is 47.8 Å². The molecular weight excluding hydrogens is 322 g/mol. The number of benzene rings is 1. The van der Waals surface area contributed by atoms with Gasteiger partial charge < -0.3 is 5.32 Å². The van der Waals surface area contributed by atoms with Gasteiger partial charge in [0.1, 0.15) is 11.5 Å². The van der Waals surface area contributed by atoms with Crippen LogP contribution in [0, 0.1) is 23.5 Å². The van der Waals surface area contributed by atoms with Gasteiger partial charge in [0, 0.05) is 31.9 Å². The summed E-state index contributed by atoms with van der Waals surface area (Å²) in [6.45, 7) is 5.18. The molecule has 0 unspecified atom stereocenters. The molecular formula is C16H19ClF2N4. The molecule has 2 aliphatic heterocycles. The Hall–Kier alpha value is -1.50. The highest BCUT2D eigenvalue weighted by Crippen LogP contribution is 2.27. The van der Waals surface area contributed by atoms with E-state index < -0.39 is 11.6 Å². The van der Waals surface area contributed by atoms with E-state index in [0.717, 1.165) is 56.3 Å². The summed E-state index contributed by atoms with van der Waals surface area (Å²) in [5, 5.41) is 7.85. The maximum Gasteiger partial charge on any atom is 0.151 e. The normalized spacial score (nSPS) is 23.7. The van der Waals surface area contributed by atoms with Crippen LogP contribution >= 0.6 is 12.4 Å². The second-order valence-corrected chi connectivity index (χ2v) is 6.22. The van der Waals surface area contributed by atoms with Gasteiger partial charge in [-0.15, -0.1) is 12.4 Å². The lowest BCUT2D eigenvalue weighted by Crippen LogP contribution is -2.25. The van der Waals surface area contributed by atoms with Crippen molar-refractivity contribution in [2.24, 2.45) is 11.8 Å². The molecule has 2 aliphatic rings. The molecule has 3 heterocycles. The second-order valence-electron chi connectivity index (χ2n) is 6.22. The molecule has 2 aromatic rings. The molecule has 0 aliphatic carbocycles. The lowest BCUT2D eigenvalue weighted by Gasteiger charge is -2.15. The fourth-order valence-corrected chi connectivity index (χ4v) is 3.56. The van der Waals surface area contributed by atoms with Gasteiger partial charge in [-0.25, -0.2) is 13.5 Å². The quantitative estimate of drug-likeness (QED) is 0.930. The van der Waals surface area contributed by atoms with Gasteiger partial charge in [-0.3, -0.25) is 4.90 Å². The summed E-state index contributed by atoms with van der Waals surface area (Å²) in [5.74, 6) is 0.315. The van der Waals surface area contributed by atoms with Crippen LogP contribution in [0.1, 0.15) is 5.69 Å². The zero-order chi connectivity index (χ0) is 15.1. The maximum atomic E-state index is 13.8. The number of halogens is 3. The smallest absolute Gasteiger partial charge is 0.151 e. The average molecular weight is 341 g/mol. The molecule has 0 saturated carbocycles. The van der Waals surface area contributed by atoms with Crippen LogP contribution in [-0.2, 0) is 6.54 Å². The van der Waals surface area contributed by atoms with E-state index in [0.29, 0.717) is 0 Å². The lowest BCUT2D eigenvalue weighted by atomic mass is 10.0. The molecule has 2 saturated heterocycles. The number of rotatable bonds is 3. The molecule has 0 radical (unpaired) electrons. The standard InChI is InChI=1S/C16H18F2N4.ClH/c17-13-1-2-16(15(18)5-13)22-4-3-14(20-22)10-21-8-11-6-19-7-12(11)9-21;/h1-5,11-12,19H,6-10H2;1H/t11-,12+;. The first-order valence-electron chi connectivity index (χ1n) is 7.62. The zero-order valence-electron chi connectivity index (χ0n) is 12.6. The number of hydrogen-bond donors (Lipinski definition) is 1. The van der Waals surface area contributed by atoms with Crippen molar-refractivity contribution >= 4 is 12.4 Å². The van der Waals surface area contributed by atoms with Crippen LogP contribution < -0.4 is 5.32 Å². The third kappa shape index (κ3) is 3.24. The molecule has 23 heavy (non-hydrogen) atoms. The van der Waals surface area contributed by atoms with Crippen molar-refractivity contribution in [3.8, 4) is 5.69 Å². The second kappa shape index (κ2) is 6.55. The number of hydrogen-bond acceptors (Lipinski definition) is 3. The summed E-state index contributed by atoms with van der Waals surface area (Å²) in [7, 11) is 0. The van der Waals surface area contributed by atoms with Crippen molar-refractivity contribution in [1.82, 2.24) is 20.0 Å². The van der Waals surface area contributed by atoms with Gasteiger partial charge in [-0.2, -0.15) is 5.10 Å². The molecule has 1 N–H and O–H groups in total. The highest BCUT2D eigenvalue weighted by atomic mass is 35.5. The first kappa shape index (κ1) is 16.4. The monoisotopic (exact) mass is 340 g/mol. The molecule has 2 atom stereocenters. The third-order valence-corrected chi connectivity index (χ3v) is 4.65. The molecule has 1 aromatic carbocycles. The Morgan fingerprint density at radius 3 is 2.57 bits per heavy atom. The number of nitrogens with zero attached hydrogens (tertiary/aromatic N) is 3. The van der Waals surface area contributed by atoms with Crippen molar-refractivity contribution in [2.75, 3.05) is 26.2 Å². The van der Waals surface area contributed by atoms with Crippen LogP contribution in [0.3, 0.4) is 0 Å². The van der Waals surface area contributed by atoms with E-state index in [9.17, 15) is 8.78 Å². The predicted octanol–water partition coefficient (Wildman–Crippen LogP) is 2.22. The summed E-state index contributed by atoms with van der Waals surface area (Å²) in [5.41, 5.74) is 1.19. The number of fused-ring (bicyclic) bond motifs is 1. The molecule has 2 fully saturated rings. The minimum Gasteiger partial charge on any atom is -0.316 e. The van der Waals surface area contributed by atoms with Gasteiger partial charge in [-0.05, 0) is 43.1 Å². The number of aromatic nitrogens is 2. The van der Waals surface area contributed by atoms with Crippen LogP contribution in [0.2, 0.25) is 0 Å². The van der Waals surface area contributed by atoms with E-state index in [4.69, 9.17) is 0 Å². The largest absolute Gasteiger partial charge is 0.316 e. The molecule has 124 valence electrons. The lowest BCUT2D eigenvalue weighted by molar-refractivity contribution is 0.301. The van der Waals surface area contributed by atoms with E-state index in [1.165, 1.54) is 16.8 Å². The number of nitrogens with one attached hydrogen (secondary N) is 1. The highest BCUT2D eigenvalue weighted by Gasteiger charge is 2.35. The molecule has 4 nitrogen and oxygen atoms in total. The van der Waals surface area contributed by atoms with Crippen molar-refractivity contribution in [1.29, 1.82) is 0 Å². The first-order chi connectivity index (χ1) is 10.7. The fraction of sp³-hybridized carbons (Fsp3) is 0.438. The molecule has 7 heteroatoms. The van der Waals surface area contributed by atoms with E-state index in [-0.39, 0.29) is 18.1 Å². The Kier molecular flexibility index (Phi) is 4.66. The average Bonchev–Trinajstić information content (AvgIpc) is 3.15. The Bertz CT molecular complexity index is 678. The Morgan fingerprint density at radius 2 is 1.87 bits per heavy atom. The van der Waals surface area contributed by atoms with E-state index in [1.807, 2.05) is 6.07 Å². The Balaban J connectivity index is 0.00000156. The minimum atomic E-state index is -0.601. The van der Waals surface area contributed by atoms with E-state index in [1.54, 1.807) is 6.20 Å². The highest BCUT2D eigenvalue weighted by molar-refractivity contribution is 5.85. The Labute approximate surface area is 139 Å². The Morgan fingerprint density at radius 1 is 1.13 bits per heavy atom. The van der Waals surface area contributed by atoms with E-state index in [2.05, 4.69) is 15.3 Å². The topological polar surface area (TPSA) is 33.1 Å². The SMILES string of the molecule is Cl.Fc1ccc(-n2ccc(CN3C[C@H]4CNC[C@H]4C3)n2)c(F)c1. The van der Waals surface area contributed by atoms with Crippen LogP contribution in [0.15, 0.2) is 30.5 Å². The fourth-order valence-electron chi connectivity index (χ4n) is 3.56. The molecule has 0 amide bonds. The zero-order valence-corrected chi connectivity index (χ0v) is 13.4. The van der Waals surface area contributed by atoms with Crippen molar-refractivity contribution < 1.29 is 8.78 Å². The molecule has 0 bridgehead atoms. The van der Waals surface area contributed by atoms with Gasteiger partial charge in [-0.1, -0.05) is 0 Å². The molecule has 1 aromatic heterocycles. The van der Waals surface area contributed by atoms with Gasteiger partial charge in [0.05, 0.1) is 5.69 Å². The third-order valence-electron chi connectivity index (χ3n) is 4.65. The number of likely N-dealkylation sites (tertiary alicyclic amines) is 1. The molecule has 4 rings (SSSR count). The van der Waals surface area contributed by atoms with Gasteiger partial charge in [0.15, 0.2) is 5.82 Å². The maximum absolute atomic E-state index is 13.8. The predicted molar refractivity (Wildman–Crippen MR) is 85.9 cm³/mol. The van der Waals surface area contributed by atoms with Crippen molar-refractivity contribution in [2.45, 2.75) is 6.54 Å². The van der Waals surface area contributed by atoms with Crippen molar-refractivity contribution in [3.63, 3.8) is 0 Å². The van der Waals surface area contributed by atoms with Crippen LogP contribution in [0.5, 0.6) is 0 Å². The van der Waals surface area contributed by atoms with Crippen LogP contribution in [0.25, 0.3) is 5.69 Å². The summed E-state index contributed by atoms with van der Waals surface area (Å²) in [6.07, 6.45) is 1.73. The summed E-state index contributed by atoms with van der Waals surface area (Å²) >= 11 is 0. The summed E-state index contributed by atoms with van der Waals surface area (Å²) in [4.78, 5) is 2.41. The summed E-state index contributed by atoms with van der Waals surface area (Å²) < 4.78 is 28.2. The minimum absolute atomic E-state index is 0. The summed E-state index contributed by atoms with van der Waals surface area (Å²) in [6, 6.07) is 5.43. The van der Waals surface area contributed by atoms with Gasteiger partial charge >= 0.3 is 0 Å². The van der Waals surface area contributed by atoms with Crippen LogP contribution in [-0.4, -0.2) is 40.9 Å². The molecule has 0 spiro atoms. The van der Waals surface area contributed by atoms with Crippen LogP contribution in [0.4, 0.5) is 8.78 Å². The van der Waals surface area contributed by atoms with Gasteiger partial charge in [0.25, 0.3) is 0 Å². The van der Waals surface area contributed by atoms with E-state index >= 15 is 0 Å². The first-order valence-corrected chi connectivity index (χ1v) is 7.62. The van der Waals surface area contributed by atoms with Gasteiger partial charge in [0.2, 0.25) is 0 Å².